The van der Waals surface area contributed by atoms with Gasteiger partial charge in [-0.15, -0.1) is 0 Å². The Bertz CT molecular complexity index is 209. The van der Waals surface area contributed by atoms with Crippen LogP contribution in [0.3, 0.4) is 0 Å². The molecular formula is C8H14N2O3. The first-order chi connectivity index (χ1) is 6.02. The Hall–Kier alpha value is -1.39. The Balaban J connectivity index is 4.45. The summed E-state index contributed by atoms with van der Waals surface area (Å²) in [6.07, 6.45) is -0.0562. The number of rotatable bonds is 4. The van der Waals surface area contributed by atoms with Crippen molar-refractivity contribution in [3.8, 4) is 0 Å². The van der Waals surface area contributed by atoms with Crippen LogP contribution < -0.4 is 10.6 Å². The van der Waals surface area contributed by atoms with Gasteiger partial charge in [0.2, 0.25) is 11.8 Å². The summed E-state index contributed by atoms with van der Waals surface area (Å²) < 4.78 is 0. The lowest BCUT2D eigenvalue weighted by Crippen LogP contribution is -2.39. The quantitative estimate of drug-likeness (QED) is 0.557. The Morgan fingerprint density at radius 1 is 1.08 bits per heavy atom. The number of nitrogens with one attached hydrogen (secondary N) is 2. The van der Waals surface area contributed by atoms with Crippen molar-refractivity contribution in [3.05, 3.63) is 0 Å². The van der Waals surface area contributed by atoms with Gasteiger partial charge in [0.1, 0.15) is 11.7 Å². The van der Waals surface area contributed by atoms with Crippen LogP contribution in [0.4, 0.5) is 0 Å². The van der Waals surface area contributed by atoms with Crippen LogP contribution >= 0.6 is 0 Å². The van der Waals surface area contributed by atoms with Crippen molar-refractivity contribution < 1.29 is 14.4 Å². The van der Waals surface area contributed by atoms with Crippen molar-refractivity contribution in [1.82, 2.24) is 10.6 Å². The molecule has 0 unspecified atom stereocenters. The molecule has 0 aromatic heterocycles. The number of carbonyl (C=O) groups is 3. The third-order valence-electron chi connectivity index (χ3n) is 1.62. The minimum atomic E-state index is -0.910. The summed E-state index contributed by atoms with van der Waals surface area (Å²) in [5, 5.41) is 4.67. The molecule has 0 bridgehead atoms. The second kappa shape index (κ2) is 5.29. The van der Waals surface area contributed by atoms with E-state index in [1.807, 2.05) is 0 Å². The van der Waals surface area contributed by atoms with Gasteiger partial charge in [-0.1, -0.05) is 0 Å². The number of hydrogen-bond acceptors (Lipinski definition) is 3. The van der Waals surface area contributed by atoms with Crippen LogP contribution in [-0.4, -0.2) is 31.7 Å². The van der Waals surface area contributed by atoms with E-state index in [0.29, 0.717) is 0 Å². The van der Waals surface area contributed by atoms with E-state index in [2.05, 4.69) is 10.6 Å². The Morgan fingerprint density at radius 2 is 1.46 bits per heavy atom. The number of ketones is 1. The molecule has 0 aliphatic carbocycles. The van der Waals surface area contributed by atoms with Crippen LogP contribution in [-0.2, 0) is 14.4 Å². The maximum Gasteiger partial charge on any atom is 0.232 e. The fraction of sp³-hybridized carbons (Fsp3) is 0.625. The first-order valence-electron chi connectivity index (χ1n) is 3.95. The zero-order valence-corrected chi connectivity index (χ0v) is 8.01. The van der Waals surface area contributed by atoms with Crippen molar-refractivity contribution in [1.29, 1.82) is 0 Å². The van der Waals surface area contributed by atoms with Crippen LogP contribution in [0.2, 0.25) is 0 Å². The van der Waals surface area contributed by atoms with Crippen molar-refractivity contribution >= 4 is 17.6 Å². The van der Waals surface area contributed by atoms with Gasteiger partial charge in [-0.25, -0.2) is 0 Å². The molecule has 0 aliphatic rings. The van der Waals surface area contributed by atoms with Crippen molar-refractivity contribution in [2.24, 2.45) is 5.92 Å². The van der Waals surface area contributed by atoms with E-state index in [-0.39, 0.29) is 12.2 Å². The molecule has 0 rings (SSSR count). The van der Waals surface area contributed by atoms with Gasteiger partial charge in [0, 0.05) is 20.5 Å². The van der Waals surface area contributed by atoms with E-state index in [1.54, 1.807) is 0 Å². The van der Waals surface area contributed by atoms with E-state index >= 15 is 0 Å². The number of Topliss-reactive ketones (excluding diaryl/α,β-unsaturated/α-hetero) is 1. The molecule has 0 aromatic rings. The topological polar surface area (TPSA) is 75.3 Å². The molecule has 13 heavy (non-hydrogen) atoms. The molecule has 5 heteroatoms. The molecule has 74 valence electrons. The molecule has 0 atom stereocenters. The zero-order valence-electron chi connectivity index (χ0n) is 8.01. The van der Waals surface area contributed by atoms with Gasteiger partial charge < -0.3 is 10.6 Å². The van der Waals surface area contributed by atoms with E-state index < -0.39 is 17.7 Å². The van der Waals surface area contributed by atoms with Gasteiger partial charge >= 0.3 is 0 Å². The normalized spacial score (nSPS) is 9.54. The van der Waals surface area contributed by atoms with Crippen LogP contribution in [0, 0.1) is 5.92 Å². The number of carbonyl (C=O) groups excluding carboxylic acids is 3. The average molecular weight is 186 g/mol. The highest BCUT2D eigenvalue weighted by Gasteiger charge is 2.25. The summed E-state index contributed by atoms with van der Waals surface area (Å²) in [4.78, 5) is 33.0. The number of amides is 2. The first-order valence-corrected chi connectivity index (χ1v) is 3.95. The van der Waals surface area contributed by atoms with E-state index in [4.69, 9.17) is 0 Å². The summed E-state index contributed by atoms with van der Waals surface area (Å²) in [6, 6.07) is 0. The molecule has 5 nitrogen and oxygen atoms in total. The summed E-state index contributed by atoms with van der Waals surface area (Å²) in [6.45, 7) is 1.35. The van der Waals surface area contributed by atoms with Gasteiger partial charge in [0.15, 0.2) is 0 Å². The predicted octanol–water partition coefficient (Wildman–Crippen LogP) is -0.926. The minimum Gasteiger partial charge on any atom is -0.358 e. The van der Waals surface area contributed by atoms with E-state index in [1.165, 1.54) is 21.0 Å². The third-order valence-corrected chi connectivity index (χ3v) is 1.62. The smallest absolute Gasteiger partial charge is 0.232 e. The van der Waals surface area contributed by atoms with Gasteiger partial charge in [-0.05, 0) is 6.92 Å². The van der Waals surface area contributed by atoms with Gasteiger partial charge in [-0.2, -0.15) is 0 Å². The number of hydrogen-bond donors (Lipinski definition) is 2. The van der Waals surface area contributed by atoms with Crippen molar-refractivity contribution in [2.45, 2.75) is 13.3 Å². The molecule has 2 amide bonds. The Kier molecular flexibility index (Phi) is 4.72. The fourth-order valence-corrected chi connectivity index (χ4v) is 0.940. The first kappa shape index (κ1) is 11.6. The molecular weight excluding hydrogens is 172 g/mol. The summed E-state index contributed by atoms with van der Waals surface area (Å²) in [5.74, 6) is -1.96. The van der Waals surface area contributed by atoms with E-state index in [9.17, 15) is 14.4 Å². The van der Waals surface area contributed by atoms with Gasteiger partial charge in [0.05, 0.1) is 0 Å². The second-order valence-corrected chi connectivity index (χ2v) is 2.69. The molecule has 0 aromatic carbocycles. The molecule has 0 radical (unpaired) electrons. The molecule has 0 aliphatic heterocycles. The summed E-state index contributed by atoms with van der Waals surface area (Å²) >= 11 is 0. The lowest BCUT2D eigenvalue weighted by atomic mass is 10.0. The van der Waals surface area contributed by atoms with Crippen molar-refractivity contribution in [2.75, 3.05) is 14.1 Å². The molecule has 0 fully saturated rings. The molecule has 0 heterocycles. The fourth-order valence-electron chi connectivity index (χ4n) is 0.940. The predicted molar refractivity (Wildman–Crippen MR) is 46.9 cm³/mol. The molecule has 0 saturated carbocycles. The maximum absolute atomic E-state index is 11.1. The van der Waals surface area contributed by atoms with Crippen LogP contribution in [0.1, 0.15) is 13.3 Å². The van der Waals surface area contributed by atoms with Gasteiger partial charge in [0.25, 0.3) is 0 Å². The van der Waals surface area contributed by atoms with E-state index in [0.717, 1.165) is 0 Å². The standard InChI is InChI=1S/C8H14N2O3/c1-5(11)4-6(7(12)9-2)8(13)10-3/h6H,4H2,1-3H3,(H,9,12)(H,10,13). The highest BCUT2D eigenvalue weighted by molar-refractivity contribution is 6.03. The Morgan fingerprint density at radius 3 is 1.69 bits per heavy atom. The van der Waals surface area contributed by atoms with Crippen LogP contribution in [0.15, 0.2) is 0 Å². The largest absolute Gasteiger partial charge is 0.358 e. The third kappa shape index (κ3) is 3.68. The molecule has 0 spiro atoms. The maximum atomic E-state index is 11.1. The average Bonchev–Trinajstić information content (AvgIpc) is 2.11. The molecule has 0 saturated heterocycles. The summed E-state index contributed by atoms with van der Waals surface area (Å²) in [7, 11) is 2.86. The minimum absolute atomic E-state index is 0.0562. The van der Waals surface area contributed by atoms with Gasteiger partial charge in [-0.3, -0.25) is 14.4 Å². The van der Waals surface area contributed by atoms with Crippen LogP contribution in [0.5, 0.6) is 0 Å². The second-order valence-electron chi connectivity index (χ2n) is 2.69. The van der Waals surface area contributed by atoms with Crippen LogP contribution in [0.25, 0.3) is 0 Å². The SMILES string of the molecule is CNC(=O)C(CC(C)=O)C(=O)NC. The molecule has 2 N–H and O–H groups in total. The lowest BCUT2D eigenvalue weighted by molar-refractivity contribution is -0.137. The lowest BCUT2D eigenvalue weighted by Gasteiger charge is -2.11. The summed E-state index contributed by atoms with van der Waals surface area (Å²) in [5.41, 5.74) is 0. The monoisotopic (exact) mass is 186 g/mol. The van der Waals surface area contributed by atoms with Crippen molar-refractivity contribution in [3.63, 3.8) is 0 Å². The Labute approximate surface area is 76.9 Å². The zero-order chi connectivity index (χ0) is 10.4. The highest BCUT2D eigenvalue weighted by atomic mass is 16.2. The highest BCUT2D eigenvalue weighted by Crippen LogP contribution is 2.03.